The third kappa shape index (κ3) is 10.4. The topological polar surface area (TPSA) is 70.7 Å². The lowest BCUT2D eigenvalue weighted by atomic mass is 10.0. The summed E-state index contributed by atoms with van der Waals surface area (Å²) in [4.78, 5) is 17.1. The van der Waals surface area contributed by atoms with Gasteiger partial charge >= 0.3 is 0 Å². The average molecular weight is 270 g/mol. The van der Waals surface area contributed by atoms with Crippen LogP contribution in [-0.2, 0) is 4.79 Å². The van der Waals surface area contributed by atoms with Crippen LogP contribution in [0, 0.1) is 5.92 Å². The molecule has 1 unspecified atom stereocenters. The molecule has 0 heterocycles. The number of nitrogens with zero attached hydrogens (tertiary/aromatic N) is 2. The molecule has 3 N–H and O–H groups in total. The van der Waals surface area contributed by atoms with Crippen LogP contribution in [0.25, 0.3) is 0 Å². The van der Waals surface area contributed by atoms with E-state index in [-0.39, 0.29) is 5.91 Å². The second-order valence-electron chi connectivity index (χ2n) is 5.68. The van der Waals surface area contributed by atoms with Crippen molar-refractivity contribution in [1.82, 2.24) is 10.2 Å². The molecule has 0 saturated heterocycles. The summed E-state index contributed by atoms with van der Waals surface area (Å²) < 4.78 is 0. The third-order valence-electron chi connectivity index (χ3n) is 2.92. The van der Waals surface area contributed by atoms with Crippen LogP contribution >= 0.6 is 0 Å². The van der Waals surface area contributed by atoms with Gasteiger partial charge in [-0.1, -0.05) is 26.7 Å². The molecule has 1 amide bonds. The van der Waals surface area contributed by atoms with Gasteiger partial charge in [0.25, 0.3) is 0 Å². The van der Waals surface area contributed by atoms with E-state index in [9.17, 15) is 4.79 Å². The molecule has 5 nitrogen and oxygen atoms in total. The highest BCUT2D eigenvalue weighted by Crippen LogP contribution is 2.07. The molecular weight excluding hydrogens is 240 g/mol. The van der Waals surface area contributed by atoms with Crippen molar-refractivity contribution in [3.8, 4) is 0 Å². The second kappa shape index (κ2) is 9.64. The lowest BCUT2D eigenvalue weighted by Gasteiger charge is -2.15. The van der Waals surface area contributed by atoms with Gasteiger partial charge in [-0.3, -0.25) is 9.79 Å². The molecule has 1 atom stereocenters. The molecule has 0 fully saturated rings. The second-order valence-corrected chi connectivity index (χ2v) is 5.68. The molecule has 0 aromatic heterocycles. The molecule has 5 heteroatoms. The van der Waals surface area contributed by atoms with Crippen molar-refractivity contribution in [3.05, 3.63) is 0 Å². The predicted molar refractivity (Wildman–Crippen MR) is 81.1 cm³/mol. The predicted octanol–water partition coefficient (Wildman–Crippen LogP) is 1.58. The zero-order chi connectivity index (χ0) is 14.8. The fourth-order valence-corrected chi connectivity index (χ4v) is 1.70. The number of carbonyl (C=O) groups excluding carboxylic acids is 1. The van der Waals surface area contributed by atoms with Crippen molar-refractivity contribution in [2.45, 2.75) is 52.5 Å². The lowest BCUT2D eigenvalue weighted by Crippen LogP contribution is -2.38. The molecule has 0 aliphatic carbocycles. The van der Waals surface area contributed by atoms with E-state index in [1.165, 1.54) is 12.8 Å². The van der Waals surface area contributed by atoms with Gasteiger partial charge in [-0.2, -0.15) is 0 Å². The van der Waals surface area contributed by atoms with Crippen LogP contribution in [-0.4, -0.2) is 43.4 Å². The highest BCUT2D eigenvalue weighted by Gasteiger charge is 2.05. The summed E-state index contributed by atoms with van der Waals surface area (Å²) in [5, 5.41) is 3.16. The van der Waals surface area contributed by atoms with E-state index in [1.807, 2.05) is 0 Å². The van der Waals surface area contributed by atoms with Crippen LogP contribution < -0.4 is 11.1 Å². The SMILES string of the molecule is CC(C)CCCC(C)NC(N)=NCCC(=O)N(C)C. The van der Waals surface area contributed by atoms with E-state index < -0.39 is 0 Å². The summed E-state index contributed by atoms with van der Waals surface area (Å²) in [7, 11) is 3.48. The highest BCUT2D eigenvalue weighted by molar-refractivity contribution is 5.79. The van der Waals surface area contributed by atoms with E-state index in [0.29, 0.717) is 25.0 Å². The Morgan fingerprint density at radius 1 is 1.26 bits per heavy atom. The Labute approximate surface area is 117 Å². The monoisotopic (exact) mass is 270 g/mol. The van der Waals surface area contributed by atoms with Gasteiger partial charge < -0.3 is 16.0 Å². The normalized spacial score (nSPS) is 13.5. The maximum atomic E-state index is 11.3. The van der Waals surface area contributed by atoms with Crippen LogP contribution in [0.1, 0.15) is 46.5 Å². The Hall–Kier alpha value is -1.26. The first-order chi connectivity index (χ1) is 8.82. The van der Waals surface area contributed by atoms with Gasteiger partial charge in [0.1, 0.15) is 0 Å². The summed E-state index contributed by atoms with van der Waals surface area (Å²) in [5.74, 6) is 1.25. The van der Waals surface area contributed by atoms with Crippen LogP contribution in [0.15, 0.2) is 4.99 Å². The number of hydrogen-bond acceptors (Lipinski definition) is 2. The molecule has 0 aliphatic heterocycles. The molecule has 0 bridgehead atoms. The Morgan fingerprint density at radius 3 is 2.42 bits per heavy atom. The molecule has 19 heavy (non-hydrogen) atoms. The molecule has 0 aliphatic rings. The van der Waals surface area contributed by atoms with Gasteiger partial charge in [-0.15, -0.1) is 0 Å². The molecule has 0 aromatic rings. The standard InChI is InChI=1S/C14H30N4O/c1-11(2)7-6-8-12(3)17-14(15)16-10-9-13(19)18(4)5/h11-12H,6-10H2,1-5H3,(H3,15,16,17). The van der Waals surface area contributed by atoms with Crippen molar-refractivity contribution < 1.29 is 4.79 Å². The number of nitrogens with one attached hydrogen (secondary N) is 1. The Balaban J connectivity index is 3.82. The Kier molecular flexibility index (Phi) is 9.00. The van der Waals surface area contributed by atoms with Gasteiger partial charge in [0.05, 0.1) is 6.54 Å². The zero-order valence-corrected chi connectivity index (χ0v) is 13.1. The van der Waals surface area contributed by atoms with Crippen LogP contribution in [0.2, 0.25) is 0 Å². The van der Waals surface area contributed by atoms with Crippen molar-refractivity contribution in [1.29, 1.82) is 0 Å². The summed E-state index contributed by atoms with van der Waals surface area (Å²) in [6, 6.07) is 0.326. The Morgan fingerprint density at radius 2 is 1.89 bits per heavy atom. The number of amides is 1. The average Bonchev–Trinajstić information content (AvgIpc) is 2.27. The number of guanidine groups is 1. The molecule has 112 valence electrons. The van der Waals surface area contributed by atoms with Crippen molar-refractivity contribution in [2.24, 2.45) is 16.6 Å². The molecule has 0 saturated carbocycles. The van der Waals surface area contributed by atoms with E-state index in [0.717, 1.165) is 12.3 Å². The number of carbonyl (C=O) groups is 1. The van der Waals surface area contributed by atoms with Gasteiger partial charge in [0.15, 0.2) is 5.96 Å². The van der Waals surface area contributed by atoms with Crippen LogP contribution in [0.5, 0.6) is 0 Å². The number of nitrogens with two attached hydrogens (primary N) is 1. The van der Waals surface area contributed by atoms with E-state index in [2.05, 4.69) is 31.1 Å². The zero-order valence-electron chi connectivity index (χ0n) is 13.1. The van der Waals surface area contributed by atoms with Gasteiger partial charge in [0, 0.05) is 26.6 Å². The molecule has 0 aromatic carbocycles. The maximum Gasteiger partial charge on any atom is 0.223 e. The van der Waals surface area contributed by atoms with Crippen molar-refractivity contribution in [3.63, 3.8) is 0 Å². The minimum Gasteiger partial charge on any atom is -0.370 e. The summed E-state index contributed by atoms with van der Waals surface area (Å²) >= 11 is 0. The Bertz CT molecular complexity index is 287. The summed E-state index contributed by atoms with van der Waals surface area (Å²) in [6.45, 7) is 7.01. The van der Waals surface area contributed by atoms with E-state index in [1.54, 1.807) is 19.0 Å². The smallest absolute Gasteiger partial charge is 0.223 e. The van der Waals surface area contributed by atoms with E-state index in [4.69, 9.17) is 5.73 Å². The first-order valence-electron chi connectivity index (χ1n) is 7.09. The quantitative estimate of drug-likeness (QED) is 0.520. The first-order valence-corrected chi connectivity index (χ1v) is 7.09. The minimum atomic E-state index is 0.0709. The molecule has 0 rings (SSSR count). The molecular formula is C14H30N4O. The van der Waals surface area contributed by atoms with Crippen LogP contribution in [0.3, 0.4) is 0 Å². The minimum absolute atomic E-state index is 0.0709. The van der Waals surface area contributed by atoms with Crippen LogP contribution in [0.4, 0.5) is 0 Å². The number of aliphatic imine (C=N–C) groups is 1. The van der Waals surface area contributed by atoms with Gasteiger partial charge in [-0.05, 0) is 19.3 Å². The number of hydrogen-bond donors (Lipinski definition) is 2. The van der Waals surface area contributed by atoms with Crippen molar-refractivity contribution >= 4 is 11.9 Å². The summed E-state index contributed by atoms with van der Waals surface area (Å²) in [6.07, 6.45) is 3.92. The van der Waals surface area contributed by atoms with Gasteiger partial charge in [-0.25, -0.2) is 0 Å². The maximum absolute atomic E-state index is 11.3. The summed E-state index contributed by atoms with van der Waals surface area (Å²) in [5.41, 5.74) is 5.78. The third-order valence-corrected chi connectivity index (χ3v) is 2.92. The molecule has 0 radical (unpaired) electrons. The van der Waals surface area contributed by atoms with Gasteiger partial charge in [0.2, 0.25) is 5.91 Å². The first kappa shape index (κ1) is 17.7. The van der Waals surface area contributed by atoms with E-state index >= 15 is 0 Å². The fourth-order valence-electron chi connectivity index (χ4n) is 1.70. The van der Waals surface area contributed by atoms with Crippen molar-refractivity contribution in [2.75, 3.05) is 20.6 Å². The highest BCUT2D eigenvalue weighted by atomic mass is 16.2. The number of rotatable bonds is 8. The molecule has 0 spiro atoms. The lowest BCUT2D eigenvalue weighted by molar-refractivity contribution is -0.128. The fraction of sp³-hybridized carbons (Fsp3) is 0.857. The largest absolute Gasteiger partial charge is 0.370 e.